The molecule has 18 heavy (non-hydrogen) atoms. The van der Waals surface area contributed by atoms with Gasteiger partial charge in [-0.3, -0.25) is 0 Å². The number of nitrogens with one attached hydrogen (secondary N) is 1. The van der Waals surface area contributed by atoms with Crippen molar-refractivity contribution in [3.05, 3.63) is 23.8 Å². The van der Waals surface area contributed by atoms with Gasteiger partial charge < -0.3 is 20.1 Å². The molecule has 4 heteroatoms. The predicted molar refractivity (Wildman–Crippen MR) is 74.2 cm³/mol. The van der Waals surface area contributed by atoms with E-state index < -0.39 is 0 Å². The number of aromatic hydroxyl groups is 1. The second-order valence-electron chi connectivity index (χ2n) is 4.20. The van der Waals surface area contributed by atoms with E-state index in [0.29, 0.717) is 12.3 Å². The normalized spacial score (nSPS) is 10.9. The molecule has 4 nitrogen and oxygen atoms in total. The number of ether oxygens (including phenoxy) is 1. The maximum Gasteiger partial charge on any atom is 0.120 e. The summed E-state index contributed by atoms with van der Waals surface area (Å²) in [6, 6.07) is 5.29. The molecule has 1 rings (SSSR count). The number of nitrogens with zero attached hydrogens (tertiary/aromatic N) is 1. The lowest BCUT2D eigenvalue weighted by atomic mass is 10.2. The van der Waals surface area contributed by atoms with Crippen LogP contribution in [0, 0.1) is 0 Å². The topological polar surface area (TPSA) is 44.7 Å². The molecule has 0 amide bonds. The number of rotatable bonds is 8. The molecule has 0 heterocycles. The lowest BCUT2D eigenvalue weighted by Crippen LogP contribution is -2.31. The number of hydrogen-bond acceptors (Lipinski definition) is 4. The van der Waals surface area contributed by atoms with E-state index in [1.54, 1.807) is 19.2 Å². The largest absolute Gasteiger partial charge is 0.508 e. The first kappa shape index (κ1) is 14.8. The smallest absolute Gasteiger partial charge is 0.120 e. The van der Waals surface area contributed by atoms with Crippen molar-refractivity contribution in [3.63, 3.8) is 0 Å². The van der Waals surface area contributed by atoms with Crippen molar-refractivity contribution in [3.8, 4) is 11.5 Å². The Bertz CT molecular complexity index is 352. The van der Waals surface area contributed by atoms with Gasteiger partial charge in [-0.1, -0.05) is 13.8 Å². The quantitative estimate of drug-likeness (QED) is 0.693. The highest BCUT2D eigenvalue weighted by Gasteiger charge is 2.03. The molecule has 102 valence electrons. The monoisotopic (exact) mass is 252 g/mol. The number of phenolic OH excluding ortho intramolecular Hbond substituents is 1. The molecule has 0 saturated carbocycles. The summed E-state index contributed by atoms with van der Waals surface area (Å²) in [6.45, 7) is 9.07. The van der Waals surface area contributed by atoms with Crippen molar-refractivity contribution >= 4 is 0 Å². The minimum absolute atomic E-state index is 0.311. The average Bonchev–Trinajstić information content (AvgIpc) is 2.41. The van der Waals surface area contributed by atoms with E-state index in [1.807, 2.05) is 6.07 Å². The third-order valence-electron chi connectivity index (χ3n) is 3.10. The van der Waals surface area contributed by atoms with Gasteiger partial charge in [-0.25, -0.2) is 0 Å². The van der Waals surface area contributed by atoms with Gasteiger partial charge in [-0.05, 0) is 31.3 Å². The van der Waals surface area contributed by atoms with E-state index in [1.165, 1.54) is 0 Å². The first-order valence-corrected chi connectivity index (χ1v) is 6.50. The molecule has 0 saturated heterocycles. The van der Waals surface area contributed by atoms with Crippen molar-refractivity contribution in [1.29, 1.82) is 0 Å². The first-order valence-electron chi connectivity index (χ1n) is 6.50. The first-order chi connectivity index (χ1) is 8.71. The van der Waals surface area contributed by atoms with Crippen LogP contribution < -0.4 is 10.1 Å². The Morgan fingerprint density at radius 3 is 2.61 bits per heavy atom. The average molecular weight is 252 g/mol. The third kappa shape index (κ3) is 4.55. The van der Waals surface area contributed by atoms with Gasteiger partial charge in [0.05, 0.1) is 7.11 Å². The Kier molecular flexibility index (Phi) is 6.54. The van der Waals surface area contributed by atoms with Crippen LogP contribution in [0.15, 0.2) is 18.2 Å². The van der Waals surface area contributed by atoms with E-state index >= 15 is 0 Å². The second-order valence-corrected chi connectivity index (χ2v) is 4.20. The fraction of sp³-hybridized carbons (Fsp3) is 0.571. The maximum atomic E-state index is 9.73. The summed E-state index contributed by atoms with van der Waals surface area (Å²) in [5.41, 5.74) is 0.869. The molecule has 2 N–H and O–H groups in total. The van der Waals surface area contributed by atoms with Crippen LogP contribution in [0.4, 0.5) is 0 Å². The van der Waals surface area contributed by atoms with Gasteiger partial charge in [0, 0.05) is 25.2 Å². The molecule has 0 aliphatic carbocycles. The predicted octanol–water partition coefficient (Wildman–Crippen LogP) is 1.83. The van der Waals surface area contributed by atoms with Gasteiger partial charge in [-0.15, -0.1) is 0 Å². The molecular weight excluding hydrogens is 228 g/mol. The second kappa shape index (κ2) is 7.95. The van der Waals surface area contributed by atoms with Crippen LogP contribution in [0.25, 0.3) is 0 Å². The fourth-order valence-corrected chi connectivity index (χ4v) is 1.83. The van der Waals surface area contributed by atoms with Gasteiger partial charge in [-0.2, -0.15) is 0 Å². The van der Waals surface area contributed by atoms with E-state index in [9.17, 15) is 5.11 Å². The van der Waals surface area contributed by atoms with E-state index in [2.05, 4.69) is 24.1 Å². The van der Waals surface area contributed by atoms with Crippen LogP contribution in [0.5, 0.6) is 11.5 Å². The highest BCUT2D eigenvalue weighted by Crippen LogP contribution is 2.22. The maximum absolute atomic E-state index is 9.73. The number of phenols is 1. The Labute approximate surface area is 110 Å². The molecule has 0 bridgehead atoms. The van der Waals surface area contributed by atoms with Crippen molar-refractivity contribution < 1.29 is 9.84 Å². The number of likely N-dealkylation sites (N-methyl/N-ethyl adjacent to an activating group) is 1. The summed E-state index contributed by atoms with van der Waals surface area (Å²) in [6.07, 6.45) is 0. The van der Waals surface area contributed by atoms with Gasteiger partial charge in [0.15, 0.2) is 0 Å². The van der Waals surface area contributed by atoms with Crippen LogP contribution in [0.3, 0.4) is 0 Å². The van der Waals surface area contributed by atoms with Crippen LogP contribution >= 0.6 is 0 Å². The van der Waals surface area contributed by atoms with Gasteiger partial charge in [0.1, 0.15) is 11.5 Å². The van der Waals surface area contributed by atoms with Crippen LogP contribution in [-0.2, 0) is 6.54 Å². The van der Waals surface area contributed by atoms with Gasteiger partial charge in [0.25, 0.3) is 0 Å². The lowest BCUT2D eigenvalue weighted by Gasteiger charge is -2.18. The highest BCUT2D eigenvalue weighted by atomic mass is 16.5. The zero-order valence-corrected chi connectivity index (χ0v) is 11.6. The van der Waals surface area contributed by atoms with Gasteiger partial charge in [0.2, 0.25) is 0 Å². The SMILES string of the molecule is CCN(CC)CCNCc1cc(OC)ccc1O. The molecule has 0 spiro atoms. The fourth-order valence-electron chi connectivity index (χ4n) is 1.83. The summed E-state index contributed by atoms with van der Waals surface area (Å²) in [7, 11) is 1.63. The van der Waals surface area contributed by atoms with E-state index in [-0.39, 0.29) is 0 Å². The zero-order chi connectivity index (χ0) is 13.4. The minimum atomic E-state index is 0.311. The Hall–Kier alpha value is -1.26. The summed E-state index contributed by atoms with van der Waals surface area (Å²) in [5, 5.41) is 13.1. The summed E-state index contributed by atoms with van der Waals surface area (Å²) >= 11 is 0. The molecule has 0 unspecified atom stereocenters. The van der Waals surface area contributed by atoms with E-state index in [0.717, 1.165) is 37.5 Å². The Morgan fingerprint density at radius 1 is 1.28 bits per heavy atom. The summed E-state index contributed by atoms with van der Waals surface area (Å²) in [5.74, 6) is 1.08. The number of methoxy groups -OCH3 is 1. The highest BCUT2D eigenvalue weighted by molar-refractivity contribution is 5.39. The molecule has 0 radical (unpaired) electrons. The van der Waals surface area contributed by atoms with Crippen molar-refractivity contribution in [1.82, 2.24) is 10.2 Å². The van der Waals surface area contributed by atoms with Crippen LogP contribution in [0.2, 0.25) is 0 Å². The van der Waals surface area contributed by atoms with Crippen LogP contribution in [-0.4, -0.2) is 43.3 Å². The molecule has 0 aliphatic rings. The Morgan fingerprint density at radius 2 is 2.00 bits per heavy atom. The van der Waals surface area contributed by atoms with Crippen molar-refractivity contribution in [2.75, 3.05) is 33.3 Å². The molecule has 0 aliphatic heterocycles. The summed E-state index contributed by atoms with van der Waals surface area (Å²) < 4.78 is 5.14. The van der Waals surface area contributed by atoms with Crippen LogP contribution in [0.1, 0.15) is 19.4 Å². The zero-order valence-electron chi connectivity index (χ0n) is 11.6. The van der Waals surface area contributed by atoms with Crippen molar-refractivity contribution in [2.24, 2.45) is 0 Å². The number of benzene rings is 1. The molecule has 1 aromatic carbocycles. The summed E-state index contributed by atoms with van der Waals surface area (Å²) in [4.78, 5) is 2.36. The number of hydrogen-bond donors (Lipinski definition) is 2. The molecule has 0 fully saturated rings. The molecule has 0 aromatic heterocycles. The lowest BCUT2D eigenvalue weighted by molar-refractivity contribution is 0.302. The third-order valence-corrected chi connectivity index (χ3v) is 3.10. The molecule has 1 aromatic rings. The van der Waals surface area contributed by atoms with Gasteiger partial charge >= 0.3 is 0 Å². The standard InChI is InChI=1S/C14H24N2O2/c1-4-16(5-2)9-8-15-11-12-10-13(18-3)6-7-14(12)17/h6-7,10,15,17H,4-5,8-9,11H2,1-3H3. The minimum Gasteiger partial charge on any atom is -0.508 e. The molecular formula is C14H24N2O2. The van der Waals surface area contributed by atoms with Crippen molar-refractivity contribution in [2.45, 2.75) is 20.4 Å². The Balaban J connectivity index is 2.39. The molecule has 0 atom stereocenters. The van der Waals surface area contributed by atoms with E-state index in [4.69, 9.17) is 4.74 Å².